The number of hydrogen-bond acceptors (Lipinski definition) is 36. The summed E-state index contributed by atoms with van der Waals surface area (Å²) in [6.45, 7) is 5.59. The van der Waals surface area contributed by atoms with Crippen molar-refractivity contribution in [1.29, 1.82) is 0 Å². The molecule has 0 aromatic carbocycles. The smallest absolute Gasteiger partial charge is 0.417 e. The summed E-state index contributed by atoms with van der Waals surface area (Å²) in [6, 6.07) is 0. The van der Waals surface area contributed by atoms with E-state index in [1.165, 1.54) is 76.3 Å². The summed E-state index contributed by atoms with van der Waals surface area (Å²) in [5, 5.41) is 36.4. The molecule has 0 fully saturated rings. The molecule has 0 bridgehead atoms. The predicted octanol–water partition coefficient (Wildman–Crippen LogP) is 10.9. The Morgan fingerprint density at radius 3 is 1.03 bits per heavy atom. The largest absolute Gasteiger partial charge is 0.465 e. The molecule has 0 saturated heterocycles. The molecule has 144 heavy (non-hydrogen) atoms. The summed E-state index contributed by atoms with van der Waals surface area (Å²) in [5.41, 5.74) is -32.5. The standard InChI is InChI=1S/2C12H13F6N3O4S.C11H12F7N4O4S.2C10H12F4N4O3S.C10H13F3N4O3S/c1-11(2)4-5(20-25-11)26(22,23)8(13)6-7(12(16,17)18)19-21(3)9(6)24-10(14)15;1-11(2)6(13)8(20-25-11)26(22,23)4-5-7(12(16,17)18)19-21(3)9(5)24-10(14)15;1-9(2)4-5(20-26-9)27(23,24)11(17,18)7-6(10(14,15)16)19-21(3)22(7)25-8(12)13;1-9(2)4-5(17-21-9)22(19,20)8(11)6-7(10(12,13)14)16-18(3)15-6;1-9(2)6(11)8(17-21-9)22(19,20)4-5-7(10(12,13)14)16-18(3)15-5;1-9(2)4-7(16-20-9)21(18,19)5-6-8(10(11,12)13)15-17(3)14-6/h8,10H,4H2,1-3H3;6,10H,4H2,1-3H3;8H,4H2,1-3H3;8H,4H2,1-3H3;6H,4H2,1-3H3;4-5H2,1-3H3/q;;+1;;;. The Morgan fingerprint density at radius 2 is 0.688 bits per heavy atom. The van der Waals surface area contributed by atoms with Crippen molar-refractivity contribution in [3.8, 4) is 11.8 Å². The molecule has 6 aromatic heterocycles. The Bertz CT molecular complexity index is 6710. The lowest BCUT2D eigenvalue weighted by Crippen LogP contribution is -2.58. The first-order valence-corrected chi connectivity index (χ1v) is 48.0. The quantitative estimate of drug-likeness (QED) is 0.0569. The molecule has 43 nitrogen and oxygen atoms in total. The summed E-state index contributed by atoms with van der Waals surface area (Å²) in [4.78, 5) is 32.9. The average Bonchev–Trinajstić information content (AvgIpc) is 1.55. The molecule has 6 aliphatic heterocycles. The zero-order valence-electron chi connectivity index (χ0n) is 75.7. The van der Waals surface area contributed by atoms with E-state index in [0.29, 0.717) is 26.1 Å². The third-order valence-corrected chi connectivity index (χ3v) is 28.1. The van der Waals surface area contributed by atoms with Crippen LogP contribution in [0.4, 0.5) is 132 Å². The Kier molecular flexibility index (Phi) is 33.7. The lowest BCUT2D eigenvalue weighted by molar-refractivity contribution is -0.973. The lowest BCUT2D eigenvalue weighted by Gasteiger charge is -2.18. The molecule has 0 N–H and O–H groups in total. The summed E-state index contributed by atoms with van der Waals surface area (Å²) < 4.78 is 549. The first-order valence-electron chi connectivity index (χ1n) is 38.4. The minimum absolute atomic E-state index is 0.00303. The minimum atomic E-state index is -5.90. The third-order valence-electron chi connectivity index (χ3n) is 18.4. The van der Waals surface area contributed by atoms with Gasteiger partial charge < -0.3 is 38.5 Å². The molecular weight excluding hydrogens is 2190 g/mol. The van der Waals surface area contributed by atoms with Crippen LogP contribution in [0.15, 0.2) is 30.9 Å². The molecular formula is C65H75F30N22O21S6+. The van der Waals surface area contributed by atoms with Gasteiger partial charge in [-0.3, -0.25) is 0 Å². The van der Waals surface area contributed by atoms with E-state index < -0.39 is 318 Å². The Balaban J connectivity index is 0.000000235. The fourth-order valence-electron chi connectivity index (χ4n) is 11.9. The van der Waals surface area contributed by atoms with Crippen molar-refractivity contribution < 1.29 is 230 Å². The lowest BCUT2D eigenvalue weighted by atomic mass is 10.1. The Hall–Kier alpha value is -11.2. The first-order chi connectivity index (χ1) is 64.4. The highest BCUT2D eigenvalue weighted by Gasteiger charge is 2.66. The van der Waals surface area contributed by atoms with Gasteiger partial charge in [0.05, 0.1) is 29.0 Å². The van der Waals surface area contributed by atoms with Crippen LogP contribution >= 0.6 is 0 Å². The van der Waals surface area contributed by atoms with Crippen LogP contribution in [0.3, 0.4) is 0 Å². The Labute approximate surface area is 789 Å². The van der Waals surface area contributed by atoms with Crippen LogP contribution in [0.5, 0.6) is 11.8 Å². The minimum Gasteiger partial charge on any atom is -0.417 e. The molecule has 0 aliphatic carbocycles. The van der Waals surface area contributed by atoms with E-state index in [1.54, 1.807) is 13.8 Å². The number of oxime groups is 6. The number of sulfone groups is 6. The zero-order valence-corrected chi connectivity index (χ0v) is 80.6. The number of halogens is 30. The maximum Gasteiger partial charge on any atom is 0.465 e. The highest BCUT2D eigenvalue weighted by Crippen LogP contribution is 2.48. The monoisotopic (exact) mass is 2260 g/mol. The van der Waals surface area contributed by atoms with Crippen molar-refractivity contribution >= 4 is 89.3 Å². The van der Waals surface area contributed by atoms with Gasteiger partial charge in [0.25, 0.3) is 15.3 Å². The normalized spacial score (nSPS) is 19.4. The second kappa shape index (κ2) is 40.6. The van der Waals surface area contributed by atoms with Crippen LogP contribution in [-0.2, 0) is 190 Å². The van der Waals surface area contributed by atoms with Crippen LogP contribution in [0.2, 0.25) is 0 Å². The van der Waals surface area contributed by atoms with Crippen molar-refractivity contribution in [2.24, 2.45) is 73.2 Å². The number of aromatic nitrogens is 16. The SMILES string of the molecule is Cn1nc(C(F)(F)F)c(C(F)(F)S(=O)(=O)C2=NOC(C)(C)C2)[n+]1OC(F)F.Cn1nc(C(F)(F)F)c(C(F)S(=O)(=O)C2=NOC(C)(C)C2)c1OC(F)F.Cn1nc(C(F)(F)F)c(CS(=O)(=O)C2=NOC(C)(C)C2F)c1OC(F)F.Cn1nc(C(F)S(=O)(=O)C2=NOC(C)(C)C2)c(C(F)(F)F)n1.Cn1nc(CS(=O)(=O)C2=NOC(C)(C)C2)c(C(F)(F)F)n1.Cn1nc(CS(=O)(=O)C2=NOC(C)(C)C2F)c(C(F)(F)F)n1. The fraction of sp³-hybridized carbons (Fsp3) is 0.692. The van der Waals surface area contributed by atoms with Crippen LogP contribution in [-0.4, -0.2) is 221 Å². The van der Waals surface area contributed by atoms with Crippen LogP contribution in [0.1, 0.15) is 188 Å². The van der Waals surface area contributed by atoms with Gasteiger partial charge in [-0.1, -0.05) is 30.9 Å². The Morgan fingerprint density at radius 1 is 0.361 bits per heavy atom. The topological polar surface area (TPSA) is 512 Å². The van der Waals surface area contributed by atoms with Gasteiger partial charge in [-0.15, -0.1) is 15.3 Å². The molecule has 4 atom stereocenters. The fourth-order valence-corrected chi connectivity index (χ4v) is 20.5. The van der Waals surface area contributed by atoms with Crippen LogP contribution in [0.25, 0.3) is 0 Å². The molecule has 4 unspecified atom stereocenters. The molecule has 12 rings (SSSR count). The highest BCUT2D eigenvalue weighted by atomic mass is 32.2. The first kappa shape index (κ1) is 120. The molecule has 0 amide bonds. The van der Waals surface area contributed by atoms with E-state index in [0.717, 1.165) is 28.2 Å². The van der Waals surface area contributed by atoms with Gasteiger partial charge in [-0.05, 0) is 87.9 Å². The zero-order chi connectivity index (χ0) is 111. The van der Waals surface area contributed by atoms with Gasteiger partial charge in [-0.2, -0.15) is 154 Å². The summed E-state index contributed by atoms with van der Waals surface area (Å²) >= 11 is 0. The van der Waals surface area contributed by atoms with E-state index in [9.17, 15) is 182 Å². The van der Waals surface area contributed by atoms with Crippen molar-refractivity contribution in [3.05, 3.63) is 68.1 Å². The summed E-state index contributed by atoms with van der Waals surface area (Å²) in [5.74, 6) is -6.06. The molecule has 6 aromatic rings. The van der Waals surface area contributed by atoms with Crippen LogP contribution < -0.4 is 19.2 Å². The van der Waals surface area contributed by atoms with E-state index in [2.05, 4.69) is 106 Å². The number of alkyl halides is 30. The number of aryl methyl sites for hydroxylation is 6. The molecule has 816 valence electrons. The van der Waals surface area contributed by atoms with Crippen molar-refractivity contribution in [2.45, 2.75) is 245 Å². The third kappa shape index (κ3) is 27.6. The highest BCUT2D eigenvalue weighted by molar-refractivity contribution is 8.08. The molecule has 12 heterocycles. The predicted molar refractivity (Wildman–Crippen MR) is 419 cm³/mol. The van der Waals surface area contributed by atoms with E-state index in [4.69, 9.17) is 14.5 Å². The van der Waals surface area contributed by atoms with E-state index >= 15 is 0 Å². The maximum atomic E-state index is 14.7. The number of ether oxygens (including phenoxy) is 2. The average molecular weight is 2260 g/mol. The van der Waals surface area contributed by atoms with Crippen molar-refractivity contribution in [3.63, 3.8) is 0 Å². The van der Waals surface area contributed by atoms with Gasteiger partial charge in [0.15, 0.2) is 72.2 Å². The molecule has 0 spiro atoms. The summed E-state index contributed by atoms with van der Waals surface area (Å²) in [7, 11) is -23.6. The molecule has 0 saturated carbocycles. The molecule has 79 heteroatoms. The van der Waals surface area contributed by atoms with Crippen molar-refractivity contribution in [2.75, 3.05) is 0 Å². The van der Waals surface area contributed by atoms with Gasteiger partial charge in [0.1, 0.15) is 51.0 Å². The van der Waals surface area contributed by atoms with Gasteiger partial charge in [0.2, 0.25) is 76.5 Å². The van der Waals surface area contributed by atoms with E-state index in [1.807, 2.05) is 0 Å². The molecule has 6 aliphatic rings. The number of hydrogen-bond donors (Lipinski definition) is 0. The van der Waals surface area contributed by atoms with Gasteiger partial charge in [-0.25, -0.2) is 82.3 Å². The second-order valence-corrected chi connectivity index (χ2v) is 45.4. The summed E-state index contributed by atoms with van der Waals surface area (Å²) in [6.07, 6.45) is -36.4. The number of nitrogens with zero attached hydrogens (tertiary/aromatic N) is 22. The maximum absolute atomic E-state index is 14.7. The van der Waals surface area contributed by atoms with Crippen LogP contribution in [0, 0.1) is 0 Å². The number of rotatable bonds is 18. The van der Waals surface area contributed by atoms with Gasteiger partial charge >= 0.3 is 73.5 Å². The molecule has 0 radical (unpaired) electrons. The van der Waals surface area contributed by atoms with Gasteiger partial charge in [0, 0.05) is 65.8 Å². The van der Waals surface area contributed by atoms with Crippen molar-refractivity contribution in [1.82, 2.24) is 74.4 Å². The van der Waals surface area contributed by atoms with E-state index in [-0.39, 0.29) is 27.4 Å². The second-order valence-electron chi connectivity index (χ2n) is 33.6.